The van der Waals surface area contributed by atoms with Crippen LogP contribution < -0.4 is 16.0 Å². The Kier molecular flexibility index (Phi) is 8.56. The highest BCUT2D eigenvalue weighted by atomic mass is 79.9. The Morgan fingerprint density at radius 2 is 1.91 bits per heavy atom. The quantitative estimate of drug-likeness (QED) is 0.202. The van der Waals surface area contributed by atoms with Crippen molar-refractivity contribution >= 4 is 64.8 Å². The van der Waals surface area contributed by atoms with Gasteiger partial charge in [0.1, 0.15) is 22.6 Å². The first-order valence-electron chi connectivity index (χ1n) is 9.42. The van der Waals surface area contributed by atoms with Gasteiger partial charge in [-0.25, -0.2) is 9.97 Å². The van der Waals surface area contributed by atoms with E-state index in [1.807, 2.05) is 0 Å². The number of halogens is 5. The summed E-state index contributed by atoms with van der Waals surface area (Å²) < 4.78 is 56.4. The summed E-state index contributed by atoms with van der Waals surface area (Å²) in [5.74, 6) is -1.48. The van der Waals surface area contributed by atoms with E-state index in [4.69, 9.17) is 16.5 Å². The van der Waals surface area contributed by atoms with Crippen molar-refractivity contribution in [3.63, 3.8) is 0 Å². The average Bonchev–Trinajstić information content (AvgIpc) is 2.79. The molecule has 0 aliphatic heterocycles. The average molecular weight is 595 g/mol. The van der Waals surface area contributed by atoms with Crippen molar-refractivity contribution in [2.24, 2.45) is 0 Å². The highest BCUT2D eigenvalue weighted by Gasteiger charge is 2.36. The molecule has 16 heteroatoms. The van der Waals surface area contributed by atoms with E-state index in [2.05, 4.69) is 51.4 Å². The smallest absolute Gasteiger partial charge is 0.354 e. The second kappa shape index (κ2) is 11.2. The minimum absolute atomic E-state index is 0.0210. The molecule has 0 spiro atoms. The summed E-state index contributed by atoms with van der Waals surface area (Å²) in [4.78, 5) is 32.5. The number of benzene rings is 1. The van der Waals surface area contributed by atoms with Crippen molar-refractivity contribution < 1.29 is 31.9 Å². The van der Waals surface area contributed by atoms with Crippen LogP contribution in [0.5, 0.6) is 0 Å². The maximum atomic E-state index is 13.6. The molecule has 1 amide bonds. The Hall–Kier alpha value is -2.90. The highest BCUT2D eigenvalue weighted by molar-refractivity contribution is 9.10. The topological polar surface area (TPSA) is 138 Å². The van der Waals surface area contributed by atoms with Crippen molar-refractivity contribution in [3.05, 3.63) is 63.0 Å². The van der Waals surface area contributed by atoms with E-state index >= 15 is 0 Å². The molecule has 0 aliphatic carbocycles. The summed E-state index contributed by atoms with van der Waals surface area (Å²) in [7, 11) is -1.43. The number of aromatic nitrogens is 3. The summed E-state index contributed by atoms with van der Waals surface area (Å²) in [6.45, 7) is -0.175. The predicted molar refractivity (Wildman–Crippen MR) is 125 cm³/mol. The van der Waals surface area contributed by atoms with Crippen LogP contribution in [0, 0.1) is 0 Å². The molecule has 0 radical (unpaired) electrons. The van der Waals surface area contributed by atoms with Crippen LogP contribution in [0.3, 0.4) is 0 Å². The molecule has 1 unspecified atom stereocenters. The summed E-state index contributed by atoms with van der Waals surface area (Å²) in [6.07, 6.45) is -4.22. The molecule has 3 rings (SSSR count). The second-order valence-corrected chi connectivity index (χ2v) is 8.59. The van der Waals surface area contributed by atoms with E-state index in [1.54, 1.807) is 0 Å². The fraction of sp³-hybridized carbons (Fsp3) is 0.158. The number of hydrogen-bond donors (Lipinski definition) is 4. The van der Waals surface area contributed by atoms with Crippen LogP contribution in [0.4, 0.5) is 36.3 Å². The molecule has 0 fully saturated rings. The molecule has 1 atom stereocenters. The monoisotopic (exact) mass is 593 g/mol. The fourth-order valence-electron chi connectivity index (χ4n) is 2.70. The first-order valence-corrected chi connectivity index (χ1v) is 11.7. The number of nitrogens with zero attached hydrogens (tertiary/aromatic N) is 3. The number of carbonyl (C=O) groups is 1. The third kappa shape index (κ3) is 7.05. The van der Waals surface area contributed by atoms with Crippen molar-refractivity contribution in [1.82, 2.24) is 20.3 Å². The van der Waals surface area contributed by atoms with Crippen LogP contribution >= 0.6 is 35.8 Å². The lowest BCUT2D eigenvalue weighted by molar-refractivity contribution is -0.137. The zero-order valence-electron chi connectivity index (χ0n) is 17.5. The number of amides is 1. The summed E-state index contributed by atoms with van der Waals surface area (Å²) in [5, 5.41) is 7.73. The molecule has 35 heavy (non-hydrogen) atoms. The number of rotatable bonds is 8. The number of carbonyl (C=O) groups excluding carboxylic acids is 1. The normalized spacial score (nSPS) is 11.7. The fourth-order valence-corrected chi connectivity index (χ4v) is 3.52. The molecule has 0 saturated carbocycles. The summed E-state index contributed by atoms with van der Waals surface area (Å²) >= 11 is 9.31. The molecule has 184 valence electrons. The predicted octanol–water partition coefficient (Wildman–Crippen LogP) is 5.32. The van der Waals surface area contributed by atoms with E-state index in [-0.39, 0.29) is 34.6 Å². The van der Waals surface area contributed by atoms with Gasteiger partial charge >= 0.3 is 14.4 Å². The number of alkyl halides is 3. The third-order valence-corrected chi connectivity index (χ3v) is 5.38. The number of anilines is 4. The second-order valence-electron chi connectivity index (χ2n) is 6.64. The molecule has 2 heterocycles. The van der Waals surface area contributed by atoms with Gasteiger partial charge in [0.15, 0.2) is 5.69 Å². The Labute approximate surface area is 210 Å². The van der Waals surface area contributed by atoms with Crippen molar-refractivity contribution in [1.29, 1.82) is 0 Å². The number of hydrogen-bond acceptors (Lipinski definition) is 8. The number of pyridine rings is 1. The van der Waals surface area contributed by atoms with E-state index in [1.165, 1.54) is 37.4 Å². The van der Waals surface area contributed by atoms with Gasteiger partial charge in [0, 0.05) is 17.8 Å². The highest BCUT2D eigenvalue weighted by Crippen LogP contribution is 2.36. The summed E-state index contributed by atoms with van der Waals surface area (Å²) in [5.41, 5.74) is -0.615. The van der Waals surface area contributed by atoms with Gasteiger partial charge in [-0.1, -0.05) is 17.7 Å². The molecule has 2 aromatic heterocycles. The van der Waals surface area contributed by atoms with Gasteiger partial charge in [-0.15, -0.1) is 9.42 Å². The SMILES string of the molecule is CNC(=O)c1nc(Br)ccc1Nc1nc(Nc2ccc(CO[P+](=O)O)cc2Cl)ncc1C(F)(F)F. The van der Waals surface area contributed by atoms with E-state index in [9.17, 15) is 22.5 Å². The van der Waals surface area contributed by atoms with Crippen LogP contribution in [0.15, 0.2) is 41.1 Å². The Morgan fingerprint density at radius 1 is 1.20 bits per heavy atom. The third-order valence-electron chi connectivity index (χ3n) is 4.27. The van der Waals surface area contributed by atoms with Crippen molar-refractivity contribution in [2.45, 2.75) is 12.8 Å². The Morgan fingerprint density at radius 3 is 2.54 bits per heavy atom. The molecule has 0 bridgehead atoms. The molecule has 3 aromatic rings. The van der Waals surface area contributed by atoms with E-state index in [0.29, 0.717) is 16.4 Å². The maximum absolute atomic E-state index is 13.6. The van der Waals surface area contributed by atoms with Gasteiger partial charge in [-0.05, 0) is 45.8 Å². The van der Waals surface area contributed by atoms with Crippen molar-refractivity contribution in [2.75, 3.05) is 17.7 Å². The first-order chi connectivity index (χ1) is 16.5. The Bertz CT molecular complexity index is 1280. The zero-order chi connectivity index (χ0) is 25.8. The van der Waals surface area contributed by atoms with Crippen LogP contribution in [0.1, 0.15) is 21.6 Å². The van der Waals surface area contributed by atoms with Gasteiger partial charge in [-0.3, -0.25) is 4.79 Å². The van der Waals surface area contributed by atoms with E-state index < -0.39 is 31.7 Å². The first kappa shape index (κ1) is 26.7. The lowest BCUT2D eigenvalue weighted by Gasteiger charge is -2.16. The maximum Gasteiger partial charge on any atom is 0.695 e. The largest absolute Gasteiger partial charge is 0.695 e. The van der Waals surface area contributed by atoms with Crippen LogP contribution in [0.2, 0.25) is 5.02 Å². The molecule has 0 saturated heterocycles. The van der Waals surface area contributed by atoms with E-state index in [0.717, 1.165) is 0 Å². The van der Waals surface area contributed by atoms with Gasteiger partial charge in [0.05, 0.1) is 16.4 Å². The minimum atomic E-state index is -4.80. The number of nitrogens with one attached hydrogen (secondary N) is 3. The van der Waals surface area contributed by atoms with Gasteiger partial charge in [-0.2, -0.15) is 18.2 Å². The van der Waals surface area contributed by atoms with Gasteiger partial charge in [0.25, 0.3) is 5.91 Å². The van der Waals surface area contributed by atoms with Gasteiger partial charge in [0.2, 0.25) is 5.95 Å². The molecule has 4 N–H and O–H groups in total. The lowest BCUT2D eigenvalue weighted by Crippen LogP contribution is -2.21. The van der Waals surface area contributed by atoms with Gasteiger partial charge < -0.3 is 16.0 Å². The zero-order valence-corrected chi connectivity index (χ0v) is 20.8. The van der Waals surface area contributed by atoms with Crippen molar-refractivity contribution in [3.8, 4) is 0 Å². The standard InChI is InChI=1S/C19H14BrClF3N6O4P/c1-25-17(31)15-13(4-5-14(20)29-15)27-16-10(19(22,23)24)7-26-18(30-16)28-12-3-2-9(6-11(12)21)8-34-35(32)33/h2-7H,8H2,1H3,(H3-,25,26,27,28,30,31,32,33)/p+1. The van der Waals surface area contributed by atoms with Crippen LogP contribution in [-0.2, 0) is 21.9 Å². The van der Waals surface area contributed by atoms with Crippen LogP contribution in [-0.4, -0.2) is 32.8 Å². The minimum Gasteiger partial charge on any atom is -0.354 e. The van der Waals surface area contributed by atoms with Crippen LogP contribution in [0.25, 0.3) is 0 Å². The molecule has 1 aromatic carbocycles. The molecular weight excluding hydrogens is 580 g/mol. The lowest BCUT2D eigenvalue weighted by atomic mass is 10.2. The molecule has 10 nitrogen and oxygen atoms in total. The molecule has 0 aliphatic rings. The Balaban J connectivity index is 1.95. The molecular formula is C19H15BrClF3N6O4P+. The summed E-state index contributed by atoms with van der Waals surface area (Å²) in [6, 6.07) is 7.26.